The zero-order valence-corrected chi connectivity index (χ0v) is 12.7. The minimum atomic E-state index is -3.15. The quantitative estimate of drug-likeness (QED) is 0.769. The van der Waals surface area contributed by atoms with Crippen LogP contribution < -0.4 is 0 Å². The molecular formula is C13H19N3O4S. The summed E-state index contributed by atoms with van der Waals surface area (Å²) in [7, 11) is -3.15. The highest BCUT2D eigenvalue weighted by molar-refractivity contribution is 7.90. The molecule has 7 nitrogen and oxygen atoms in total. The smallest absolute Gasteiger partial charge is 0.223 e. The number of amides is 1. The fraction of sp³-hybridized carbons (Fsp3) is 0.615. The number of carbonyl (C=O) groups is 1. The van der Waals surface area contributed by atoms with E-state index in [1.165, 1.54) is 4.90 Å². The molecule has 1 aliphatic heterocycles. The number of aliphatic hydroxyl groups is 1. The van der Waals surface area contributed by atoms with Crippen LogP contribution in [0.15, 0.2) is 18.6 Å². The second-order valence-electron chi connectivity index (χ2n) is 5.41. The number of hydrogen-bond acceptors (Lipinski definition) is 6. The maximum Gasteiger partial charge on any atom is 0.223 e. The predicted octanol–water partition coefficient (Wildman–Crippen LogP) is -0.727. The number of β-amino-alcohol motifs (C(OH)–C–C–N with tert-alkyl or cyclic N) is 1. The Bertz CT molecular complexity index is 591. The van der Waals surface area contributed by atoms with Crippen molar-refractivity contribution in [3.05, 3.63) is 24.3 Å². The first-order valence-corrected chi connectivity index (χ1v) is 8.79. The van der Waals surface area contributed by atoms with Crippen LogP contribution in [0, 0.1) is 5.92 Å². The lowest BCUT2D eigenvalue weighted by Gasteiger charge is -2.15. The van der Waals surface area contributed by atoms with Crippen molar-refractivity contribution in [1.82, 2.24) is 14.9 Å². The summed E-state index contributed by atoms with van der Waals surface area (Å²) in [5, 5.41) is 10.0. The Hall–Kier alpha value is -1.54. The number of carbonyl (C=O) groups excluding carboxylic acids is 1. The van der Waals surface area contributed by atoms with Gasteiger partial charge in [-0.1, -0.05) is 0 Å². The number of likely N-dealkylation sites (tertiary alicyclic amines) is 1. The second kappa shape index (κ2) is 6.48. The van der Waals surface area contributed by atoms with Gasteiger partial charge in [-0.25, -0.2) is 8.42 Å². The van der Waals surface area contributed by atoms with E-state index in [2.05, 4.69) is 9.97 Å². The van der Waals surface area contributed by atoms with Crippen molar-refractivity contribution in [1.29, 1.82) is 0 Å². The van der Waals surface area contributed by atoms with E-state index in [1.54, 1.807) is 18.6 Å². The molecule has 1 saturated heterocycles. The highest BCUT2D eigenvalue weighted by Gasteiger charge is 2.34. The second-order valence-corrected chi connectivity index (χ2v) is 7.67. The third kappa shape index (κ3) is 4.75. The van der Waals surface area contributed by atoms with Crippen molar-refractivity contribution in [3.8, 4) is 0 Å². The fourth-order valence-corrected chi connectivity index (χ4v) is 2.94. The summed E-state index contributed by atoms with van der Waals surface area (Å²) >= 11 is 0. The number of nitrogens with zero attached hydrogens (tertiary/aromatic N) is 3. The molecule has 2 atom stereocenters. The summed E-state index contributed by atoms with van der Waals surface area (Å²) in [5.74, 6) is -0.488. The molecule has 0 unspecified atom stereocenters. The standard InChI is InChI=1S/C13H19N3O4S/c1-21(19,20)5-2-13(18)16-8-10(12(17)9-16)6-11-7-14-3-4-15-11/h3-4,7,10,12,17H,2,5-6,8-9H2,1H3/t10-,12-/m1/s1. The minimum absolute atomic E-state index is 0.0383. The van der Waals surface area contributed by atoms with Crippen LogP contribution in [0.3, 0.4) is 0 Å². The van der Waals surface area contributed by atoms with Crippen LogP contribution >= 0.6 is 0 Å². The monoisotopic (exact) mass is 313 g/mol. The lowest BCUT2D eigenvalue weighted by molar-refractivity contribution is -0.130. The minimum Gasteiger partial charge on any atom is -0.391 e. The highest BCUT2D eigenvalue weighted by atomic mass is 32.2. The fourth-order valence-electron chi connectivity index (χ4n) is 2.39. The van der Waals surface area contributed by atoms with E-state index < -0.39 is 15.9 Å². The van der Waals surface area contributed by atoms with Gasteiger partial charge < -0.3 is 10.0 Å². The van der Waals surface area contributed by atoms with Gasteiger partial charge in [-0.05, 0) is 6.42 Å². The van der Waals surface area contributed by atoms with E-state index in [0.29, 0.717) is 13.0 Å². The van der Waals surface area contributed by atoms with E-state index in [-0.39, 0.29) is 30.5 Å². The lowest BCUT2D eigenvalue weighted by Crippen LogP contribution is -2.30. The molecule has 0 radical (unpaired) electrons. The van der Waals surface area contributed by atoms with Gasteiger partial charge >= 0.3 is 0 Å². The third-order valence-electron chi connectivity index (χ3n) is 3.53. The van der Waals surface area contributed by atoms with Gasteiger partial charge in [-0.3, -0.25) is 14.8 Å². The van der Waals surface area contributed by atoms with Gasteiger partial charge in [0.25, 0.3) is 0 Å². The van der Waals surface area contributed by atoms with Crippen molar-refractivity contribution in [2.24, 2.45) is 5.92 Å². The Balaban J connectivity index is 1.90. The maximum absolute atomic E-state index is 12.0. The Morgan fingerprint density at radius 1 is 1.43 bits per heavy atom. The molecule has 0 saturated carbocycles. The molecule has 1 amide bonds. The van der Waals surface area contributed by atoms with Gasteiger partial charge in [0.2, 0.25) is 5.91 Å². The predicted molar refractivity (Wildman–Crippen MR) is 76.1 cm³/mol. The summed E-state index contributed by atoms with van der Waals surface area (Å²) in [6.45, 7) is 0.661. The highest BCUT2D eigenvalue weighted by Crippen LogP contribution is 2.21. The number of sulfone groups is 1. The van der Waals surface area contributed by atoms with Crippen LogP contribution in [-0.4, -0.2) is 65.5 Å². The average molecular weight is 313 g/mol. The van der Waals surface area contributed by atoms with E-state index in [0.717, 1.165) is 11.9 Å². The third-order valence-corrected chi connectivity index (χ3v) is 4.48. The molecule has 1 aromatic heterocycles. The normalized spacial score (nSPS) is 22.5. The molecule has 1 fully saturated rings. The average Bonchev–Trinajstić information content (AvgIpc) is 2.78. The van der Waals surface area contributed by atoms with E-state index in [4.69, 9.17) is 0 Å². The molecule has 116 valence electrons. The van der Waals surface area contributed by atoms with Gasteiger partial charge in [-0.2, -0.15) is 0 Å². The number of aromatic nitrogens is 2. The molecule has 8 heteroatoms. The van der Waals surface area contributed by atoms with E-state index in [1.807, 2.05) is 0 Å². The topological polar surface area (TPSA) is 100 Å². The van der Waals surface area contributed by atoms with Crippen LogP contribution in [0.4, 0.5) is 0 Å². The molecule has 1 aliphatic rings. The Morgan fingerprint density at radius 2 is 2.19 bits per heavy atom. The number of rotatable bonds is 5. The molecule has 1 aromatic rings. The van der Waals surface area contributed by atoms with Gasteiger partial charge in [0.1, 0.15) is 9.84 Å². The molecule has 0 bridgehead atoms. The number of hydrogen-bond donors (Lipinski definition) is 1. The first-order chi connectivity index (χ1) is 9.85. The summed E-state index contributed by atoms with van der Waals surface area (Å²) in [6.07, 6.45) is 5.81. The maximum atomic E-state index is 12.0. The lowest BCUT2D eigenvalue weighted by atomic mass is 10.0. The van der Waals surface area contributed by atoms with Crippen molar-refractivity contribution in [3.63, 3.8) is 0 Å². The Morgan fingerprint density at radius 3 is 2.81 bits per heavy atom. The largest absolute Gasteiger partial charge is 0.391 e. The summed E-state index contributed by atoms with van der Waals surface area (Å²) < 4.78 is 22.2. The zero-order chi connectivity index (χ0) is 15.5. The van der Waals surface area contributed by atoms with Crippen molar-refractivity contribution in [2.45, 2.75) is 18.9 Å². The first kappa shape index (κ1) is 15.8. The van der Waals surface area contributed by atoms with Crippen LogP contribution in [0.2, 0.25) is 0 Å². The molecule has 0 aromatic carbocycles. The van der Waals surface area contributed by atoms with Gasteiger partial charge in [0.05, 0.1) is 17.6 Å². The van der Waals surface area contributed by atoms with Crippen LogP contribution in [-0.2, 0) is 21.1 Å². The zero-order valence-electron chi connectivity index (χ0n) is 11.8. The summed E-state index contributed by atoms with van der Waals surface area (Å²) in [6, 6.07) is 0. The molecule has 0 spiro atoms. The van der Waals surface area contributed by atoms with Crippen LogP contribution in [0.5, 0.6) is 0 Å². The summed E-state index contributed by atoms with van der Waals surface area (Å²) in [4.78, 5) is 21.6. The van der Waals surface area contributed by atoms with Crippen molar-refractivity contribution in [2.75, 3.05) is 25.1 Å². The Kier molecular flexibility index (Phi) is 4.89. The molecule has 2 rings (SSSR count). The molecule has 2 heterocycles. The summed E-state index contributed by atoms with van der Waals surface area (Å²) in [5.41, 5.74) is 0.770. The SMILES string of the molecule is CS(=O)(=O)CCC(=O)N1C[C@@H](Cc2cnccn2)[C@H](O)C1. The van der Waals surface area contributed by atoms with Crippen LogP contribution in [0.25, 0.3) is 0 Å². The molecular weight excluding hydrogens is 294 g/mol. The Labute approximate surface area is 123 Å². The van der Waals surface area contributed by atoms with Crippen LogP contribution in [0.1, 0.15) is 12.1 Å². The van der Waals surface area contributed by atoms with Crippen molar-refractivity contribution >= 4 is 15.7 Å². The van der Waals surface area contributed by atoms with E-state index in [9.17, 15) is 18.3 Å². The molecule has 21 heavy (non-hydrogen) atoms. The van der Waals surface area contributed by atoms with E-state index >= 15 is 0 Å². The van der Waals surface area contributed by atoms with Gasteiger partial charge in [0.15, 0.2) is 0 Å². The van der Waals surface area contributed by atoms with Crippen molar-refractivity contribution < 1.29 is 18.3 Å². The molecule has 0 aliphatic carbocycles. The number of aliphatic hydroxyl groups excluding tert-OH is 1. The molecule has 1 N–H and O–H groups in total. The first-order valence-electron chi connectivity index (χ1n) is 6.73. The van der Waals surface area contributed by atoms with Gasteiger partial charge in [0, 0.05) is 50.3 Å². The van der Waals surface area contributed by atoms with Gasteiger partial charge in [-0.15, -0.1) is 0 Å².